The van der Waals surface area contributed by atoms with E-state index in [0.717, 1.165) is 15.1 Å². The van der Waals surface area contributed by atoms with Gasteiger partial charge in [0.15, 0.2) is 0 Å². The molecule has 2 heterocycles. The van der Waals surface area contributed by atoms with Crippen LogP contribution >= 0.6 is 27.7 Å². The average Bonchev–Trinajstić information content (AvgIpc) is 2.78. The van der Waals surface area contributed by atoms with Crippen LogP contribution in [0.5, 0.6) is 0 Å². The number of amides is 2. The molecule has 0 spiro atoms. The van der Waals surface area contributed by atoms with Crippen LogP contribution < -0.4 is 10.2 Å². The molecule has 2 aromatic carbocycles. The highest BCUT2D eigenvalue weighted by atomic mass is 79.9. The van der Waals surface area contributed by atoms with Gasteiger partial charge < -0.3 is 5.32 Å². The van der Waals surface area contributed by atoms with Crippen LogP contribution in [0.3, 0.4) is 0 Å². The van der Waals surface area contributed by atoms with E-state index in [4.69, 9.17) is 0 Å². The van der Waals surface area contributed by atoms with E-state index >= 15 is 0 Å². The van der Waals surface area contributed by atoms with Gasteiger partial charge >= 0.3 is 0 Å². The van der Waals surface area contributed by atoms with Crippen LogP contribution in [0.15, 0.2) is 57.9 Å². The minimum absolute atomic E-state index is 0.163. The molecule has 2 aliphatic rings. The smallest absolute Gasteiger partial charge is 0.258 e. The van der Waals surface area contributed by atoms with Crippen LogP contribution in [-0.2, 0) is 9.59 Å². The van der Waals surface area contributed by atoms with E-state index in [2.05, 4.69) is 21.2 Å². The number of thioether (sulfide) groups is 1. The number of carbonyl (C=O) groups excluding carboxylic acids is 2. The van der Waals surface area contributed by atoms with Crippen LogP contribution in [0.2, 0.25) is 0 Å². The van der Waals surface area contributed by atoms with Gasteiger partial charge in [-0.25, -0.2) is 4.90 Å². The van der Waals surface area contributed by atoms with Gasteiger partial charge in [0.05, 0.1) is 5.69 Å². The van der Waals surface area contributed by atoms with Gasteiger partial charge in [-0.3, -0.25) is 9.59 Å². The van der Waals surface area contributed by atoms with Crippen LogP contribution in [-0.4, -0.2) is 23.1 Å². The Balaban J connectivity index is 1.71. The van der Waals surface area contributed by atoms with Crippen molar-refractivity contribution in [1.29, 1.82) is 0 Å². The molecule has 1 fully saturated rings. The van der Waals surface area contributed by atoms with Gasteiger partial charge in [-0.2, -0.15) is 0 Å². The van der Waals surface area contributed by atoms with E-state index in [1.165, 1.54) is 16.7 Å². The van der Waals surface area contributed by atoms with E-state index in [1.54, 1.807) is 12.1 Å². The number of hydrogen-bond donors (Lipinski definition) is 1. The Labute approximate surface area is 140 Å². The third kappa shape index (κ3) is 2.06. The lowest BCUT2D eigenvalue weighted by atomic mass is 10.2. The van der Waals surface area contributed by atoms with Gasteiger partial charge in [-0.15, -0.1) is 11.8 Å². The number of carbonyl (C=O) groups is 2. The molecule has 22 heavy (non-hydrogen) atoms. The fourth-order valence-corrected chi connectivity index (χ4v) is 4.22. The Morgan fingerprint density at radius 2 is 1.73 bits per heavy atom. The standard InChI is InChI=1S/C16H11BrN2O2S/c17-9-5-7-10(8-6-9)19-15(20)13-14(16(19)21)22-12-4-2-1-3-11(12)18-13/h1-8,13-14,18H/t13-,14+/m0/s1. The minimum Gasteiger partial charge on any atom is -0.371 e. The molecule has 1 N–H and O–H groups in total. The van der Waals surface area contributed by atoms with Gasteiger partial charge in [0.1, 0.15) is 11.3 Å². The Bertz CT molecular complexity index is 735. The van der Waals surface area contributed by atoms with Gasteiger partial charge in [0.2, 0.25) is 5.91 Å². The molecule has 2 aromatic rings. The third-order valence-corrected chi connectivity index (χ3v) is 5.66. The first kappa shape index (κ1) is 13.8. The maximum absolute atomic E-state index is 12.7. The number of nitrogens with zero attached hydrogens (tertiary/aromatic N) is 1. The predicted molar refractivity (Wildman–Crippen MR) is 90.1 cm³/mol. The number of nitrogens with one attached hydrogen (secondary N) is 1. The van der Waals surface area contributed by atoms with E-state index in [1.807, 2.05) is 36.4 Å². The topological polar surface area (TPSA) is 49.4 Å². The second-order valence-electron chi connectivity index (χ2n) is 5.14. The summed E-state index contributed by atoms with van der Waals surface area (Å²) in [5.74, 6) is -0.358. The molecular weight excluding hydrogens is 364 g/mol. The van der Waals surface area contributed by atoms with Crippen molar-refractivity contribution in [3.63, 3.8) is 0 Å². The summed E-state index contributed by atoms with van der Waals surface area (Å²) < 4.78 is 0.910. The van der Waals surface area contributed by atoms with Gasteiger partial charge in [-0.05, 0) is 36.4 Å². The first-order valence-corrected chi connectivity index (χ1v) is 8.48. The van der Waals surface area contributed by atoms with Crippen LogP contribution in [0.25, 0.3) is 0 Å². The molecule has 0 bridgehead atoms. The van der Waals surface area contributed by atoms with E-state index in [0.29, 0.717) is 5.69 Å². The summed E-state index contributed by atoms with van der Waals surface area (Å²) >= 11 is 4.82. The summed E-state index contributed by atoms with van der Waals surface area (Å²) in [6.45, 7) is 0. The van der Waals surface area contributed by atoms with Crippen molar-refractivity contribution in [1.82, 2.24) is 0 Å². The minimum atomic E-state index is -0.504. The van der Waals surface area contributed by atoms with E-state index in [-0.39, 0.29) is 11.8 Å². The zero-order chi connectivity index (χ0) is 15.3. The Kier molecular flexibility index (Phi) is 3.23. The van der Waals surface area contributed by atoms with E-state index in [9.17, 15) is 9.59 Å². The number of fused-ring (bicyclic) bond motifs is 2. The van der Waals surface area contributed by atoms with Crippen molar-refractivity contribution in [3.05, 3.63) is 53.0 Å². The summed E-state index contributed by atoms with van der Waals surface area (Å²) in [4.78, 5) is 27.6. The number of rotatable bonds is 1. The predicted octanol–water partition coefficient (Wildman–Crippen LogP) is 3.28. The normalized spacial score (nSPS) is 23.0. The molecule has 2 atom stereocenters. The largest absolute Gasteiger partial charge is 0.371 e. The highest BCUT2D eigenvalue weighted by Gasteiger charge is 2.51. The van der Waals surface area contributed by atoms with Gasteiger partial charge in [-0.1, -0.05) is 28.1 Å². The summed E-state index contributed by atoms with van der Waals surface area (Å²) in [6.07, 6.45) is 0. The molecule has 0 saturated carbocycles. The molecule has 2 aliphatic heterocycles. The highest BCUT2D eigenvalue weighted by Crippen LogP contribution is 2.42. The fraction of sp³-hybridized carbons (Fsp3) is 0.125. The third-order valence-electron chi connectivity index (χ3n) is 3.79. The number of hydrogen-bond acceptors (Lipinski definition) is 4. The van der Waals surface area contributed by atoms with Crippen molar-refractivity contribution in [2.24, 2.45) is 0 Å². The van der Waals surface area contributed by atoms with Crippen LogP contribution in [0.4, 0.5) is 11.4 Å². The molecule has 0 unspecified atom stereocenters. The lowest BCUT2D eigenvalue weighted by molar-refractivity contribution is -0.121. The number of imide groups is 1. The molecular formula is C16H11BrN2O2S. The van der Waals surface area contributed by atoms with Crippen molar-refractivity contribution < 1.29 is 9.59 Å². The molecule has 110 valence electrons. The Morgan fingerprint density at radius 3 is 2.50 bits per heavy atom. The fourth-order valence-electron chi connectivity index (χ4n) is 2.74. The second-order valence-corrected chi connectivity index (χ2v) is 7.24. The summed E-state index contributed by atoms with van der Waals surface area (Å²) in [7, 11) is 0. The summed E-state index contributed by atoms with van der Waals surface area (Å²) in [5.41, 5.74) is 1.52. The number of benzene rings is 2. The van der Waals surface area contributed by atoms with Gasteiger partial charge in [0.25, 0.3) is 5.91 Å². The molecule has 6 heteroatoms. The van der Waals surface area contributed by atoms with Crippen molar-refractivity contribution >= 4 is 50.9 Å². The quantitative estimate of drug-likeness (QED) is 0.778. The maximum atomic E-state index is 12.7. The molecule has 0 aliphatic carbocycles. The molecule has 1 saturated heterocycles. The molecule has 4 nitrogen and oxygen atoms in total. The van der Waals surface area contributed by atoms with Crippen LogP contribution in [0, 0.1) is 0 Å². The SMILES string of the molecule is O=C1[C@H]2Nc3ccccc3S[C@H]2C(=O)N1c1ccc(Br)cc1. The zero-order valence-corrected chi connectivity index (χ0v) is 13.7. The monoisotopic (exact) mass is 374 g/mol. The zero-order valence-electron chi connectivity index (χ0n) is 11.3. The summed E-state index contributed by atoms with van der Waals surface area (Å²) in [6, 6.07) is 14.4. The lowest BCUT2D eigenvalue weighted by Gasteiger charge is -2.25. The maximum Gasteiger partial charge on any atom is 0.258 e. The number of anilines is 2. The molecule has 2 amide bonds. The second kappa shape index (κ2) is 5.14. The Hall–Kier alpha value is -1.79. The molecule has 4 rings (SSSR count). The number of para-hydroxylation sites is 1. The summed E-state index contributed by atoms with van der Waals surface area (Å²) in [5, 5.41) is 2.80. The Morgan fingerprint density at radius 1 is 1.00 bits per heavy atom. The molecule has 0 radical (unpaired) electrons. The van der Waals surface area contributed by atoms with Crippen molar-refractivity contribution in [3.8, 4) is 0 Å². The van der Waals surface area contributed by atoms with E-state index < -0.39 is 11.3 Å². The van der Waals surface area contributed by atoms with Crippen LogP contribution in [0.1, 0.15) is 0 Å². The molecule has 0 aromatic heterocycles. The number of halogens is 1. The first-order valence-electron chi connectivity index (χ1n) is 6.81. The van der Waals surface area contributed by atoms with Crippen molar-refractivity contribution in [2.75, 3.05) is 10.2 Å². The lowest BCUT2D eigenvalue weighted by Crippen LogP contribution is -2.37. The average molecular weight is 375 g/mol. The van der Waals surface area contributed by atoms with Gasteiger partial charge in [0, 0.05) is 15.1 Å². The highest BCUT2D eigenvalue weighted by molar-refractivity contribution is 9.10. The van der Waals surface area contributed by atoms with Crippen molar-refractivity contribution in [2.45, 2.75) is 16.2 Å². The first-order chi connectivity index (χ1) is 10.6.